The van der Waals surface area contributed by atoms with Crippen molar-refractivity contribution in [3.63, 3.8) is 0 Å². The summed E-state index contributed by atoms with van der Waals surface area (Å²) in [5, 5.41) is 0. The van der Waals surface area contributed by atoms with E-state index >= 15 is 0 Å². The molecule has 2 heterocycles. The minimum atomic E-state index is -3.53. The van der Waals surface area contributed by atoms with Gasteiger partial charge in [0.25, 0.3) is 10.0 Å². The summed E-state index contributed by atoms with van der Waals surface area (Å²) in [6.45, 7) is 1.08. The van der Waals surface area contributed by atoms with Crippen molar-refractivity contribution in [2.75, 3.05) is 26.2 Å². The molecular weight excluding hydrogens is 431 g/mol. The van der Waals surface area contributed by atoms with Crippen LogP contribution in [0.4, 0.5) is 4.39 Å². The Bertz CT molecular complexity index is 877. The van der Waals surface area contributed by atoms with Gasteiger partial charge >= 0.3 is 0 Å². The number of halogens is 2. The van der Waals surface area contributed by atoms with Gasteiger partial charge in [-0.1, -0.05) is 18.2 Å². The Labute approximate surface area is 158 Å². The minimum Gasteiger partial charge on any atom is -0.340 e. The maximum Gasteiger partial charge on any atom is 0.252 e. The smallest absolute Gasteiger partial charge is 0.252 e. The van der Waals surface area contributed by atoms with Gasteiger partial charge in [0.05, 0.1) is 10.2 Å². The third-order valence-corrected chi connectivity index (χ3v) is 8.02. The summed E-state index contributed by atoms with van der Waals surface area (Å²) in [7, 11) is -3.53. The van der Waals surface area contributed by atoms with E-state index in [9.17, 15) is 17.6 Å². The van der Waals surface area contributed by atoms with Gasteiger partial charge in [0.2, 0.25) is 5.91 Å². The van der Waals surface area contributed by atoms with E-state index in [1.165, 1.54) is 10.4 Å². The fraction of sp³-hybridized carbons (Fsp3) is 0.312. The Kier molecular flexibility index (Phi) is 5.57. The number of hydrogen-bond donors (Lipinski definition) is 0. The lowest BCUT2D eigenvalue weighted by atomic mass is 10.1. The summed E-state index contributed by atoms with van der Waals surface area (Å²) in [6, 6.07) is 9.45. The molecule has 5 nitrogen and oxygen atoms in total. The third kappa shape index (κ3) is 4.11. The van der Waals surface area contributed by atoms with Gasteiger partial charge in [0.15, 0.2) is 0 Å². The van der Waals surface area contributed by atoms with Gasteiger partial charge in [-0.2, -0.15) is 4.31 Å². The van der Waals surface area contributed by atoms with Crippen LogP contribution in [0.15, 0.2) is 44.4 Å². The van der Waals surface area contributed by atoms with Gasteiger partial charge in [-0.3, -0.25) is 4.79 Å². The average molecular weight is 447 g/mol. The predicted octanol–water partition coefficient (Wildman–Crippen LogP) is 2.73. The van der Waals surface area contributed by atoms with Crippen molar-refractivity contribution in [2.45, 2.75) is 10.6 Å². The van der Waals surface area contributed by atoms with Crippen molar-refractivity contribution in [3.05, 3.63) is 51.6 Å². The SMILES string of the molecule is O=C(Cc1ccccc1F)N1CCN(S(=O)(=O)c2ccc(Br)s2)CC1. The number of carbonyl (C=O) groups is 1. The molecule has 0 aliphatic carbocycles. The highest BCUT2D eigenvalue weighted by molar-refractivity contribution is 9.11. The first-order valence-electron chi connectivity index (χ1n) is 7.64. The number of carbonyl (C=O) groups excluding carboxylic acids is 1. The van der Waals surface area contributed by atoms with E-state index < -0.39 is 15.8 Å². The Morgan fingerprint density at radius 1 is 1.12 bits per heavy atom. The zero-order valence-electron chi connectivity index (χ0n) is 13.2. The van der Waals surface area contributed by atoms with E-state index in [2.05, 4.69) is 15.9 Å². The van der Waals surface area contributed by atoms with Gasteiger partial charge in [0, 0.05) is 26.2 Å². The molecule has 1 saturated heterocycles. The lowest BCUT2D eigenvalue weighted by molar-refractivity contribution is -0.131. The van der Waals surface area contributed by atoms with Crippen LogP contribution in [0, 0.1) is 5.82 Å². The highest BCUT2D eigenvalue weighted by atomic mass is 79.9. The van der Waals surface area contributed by atoms with E-state index in [-0.39, 0.29) is 29.6 Å². The molecule has 1 amide bonds. The number of amides is 1. The van der Waals surface area contributed by atoms with Gasteiger partial charge < -0.3 is 4.90 Å². The normalized spacial score (nSPS) is 16.2. The summed E-state index contributed by atoms with van der Waals surface area (Å²) in [5.41, 5.74) is 0.353. The first kappa shape index (κ1) is 18.5. The van der Waals surface area contributed by atoms with Gasteiger partial charge in [-0.15, -0.1) is 11.3 Å². The quantitative estimate of drug-likeness (QED) is 0.725. The van der Waals surface area contributed by atoms with Crippen molar-refractivity contribution < 1.29 is 17.6 Å². The molecule has 0 unspecified atom stereocenters. The summed E-state index contributed by atoms with van der Waals surface area (Å²) in [4.78, 5) is 13.9. The number of nitrogens with zero attached hydrogens (tertiary/aromatic N) is 2. The maximum atomic E-state index is 13.7. The third-order valence-electron chi connectivity index (χ3n) is 4.03. The molecule has 3 rings (SSSR count). The average Bonchev–Trinajstić information content (AvgIpc) is 3.04. The van der Waals surface area contributed by atoms with Crippen LogP contribution in [0.5, 0.6) is 0 Å². The lowest BCUT2D eigenvalue weighted by Gasteiger charge is -2.33. The van der Waals surface area contributed by atoms with Crippen LogP contribution in [0.3, 0.4) is 0 Å². The predicted molar refractivity (Wildman–Crippen MR) is 97.5 cm³/mol. The second-order valence-corrected chi connectivity index (χ2v) is 10.2. The fourth-order valence-electron chi connectivity index (χ4n) is 2.66. The standard InChI is InChI=1S/C16H16BrFN2O3S2/c17-14-5-6-16(24-14)25(22,23)20-9-7-19(8-10-20)15(21)11-12-3-1-2-4-13(12)18/h1-6H,7-11H2. The highest BCUT2D eigenvalue weighted by Crippen LogP contribution is 2.29. The Morgan fingerprint density at radius 3 is 2.40 bits per heavy atom. The molecule has 0 saturated carbocycles. The van der Waals surface area contributed by atoms with Gasteiger partial charge in [-0.05, 0) is 39.7 Å². The molecular formula is C16H16BrFN2O3S2. The van der Waals surface area contributed by atoms with Crippen LogP contribution >= 0.6 is 27.3 Å². The molecule has 134 valence electrons. The van der Waals surface area contributed by atoms with Crippen LogP contribution in [0.25, 0.3) is 0 Å². The van der Waals surface area contributed by atoms with Crippen LogP contribution in [0.1, 0.15) is 5.56 Å². The van der Waals surface area contributed by atoms with E-state index in [4.69, 9.17) is 0 Å². The first-order chi connectivity index (χ1) is 11.9. The van der Waals surface area contributed by atoms with Crippen molar-refractivity contribution in [1.29, 1.82) is 0 Å². The van der Waals surface area contributed by atoms with Gasteiger partial charge in [0.1, 0.15) is 10.0 Å². The second-order valence-electron chi connectivity index (χ2n) is 5.61. The molecule has 1 fully saturated rings. The van der Waals surface area contributed by atoms with Crippen LogP contribution < -0.4 is 0 Å². The first-order valence-corrected chi connectivity index (χ1v) is 10.7. The monoisotopic (exact) mass is 446 g/mol. The number of piperazine rings is 1. The summed E-state index contributed by atoms with van der Waals surface area (Å²) < 4.78 is 41.2. The van der Waals surface area contributed by atoms with Crippen molar-refractivity contribution >= 4 is 43.2 Å². The maximum absolute atomic E-state index is 13.7. The topological polar surface area (TPSA) is 57.7 Å². The lowest BCUT2D eigenvalue weighted by Crippen LogP contribution is -2.50. The fourth-order valence-corrected chi connectivity index (χ4v) is 6.24. The zero-order chi connectivity index (χ0) is 18.0. The molecule has 1 aliphatic heterocycles. The molecule has 0 spiro atoms. The summed E-state index contributed by atoms with van der Waals surface area (Å²) in [5.74, 6) is -0.596. The number of thiophene rings is 1. The van der Waals surface area contributed by atoms with Crippen molar-refractivity contribution in [3.8, 4) is 0 Å². The van der Waals surface area contributed by atoms with E-state index in [1.54, 1.807) is 35.2 Å². The van der Waals surface area contributed by atoms with Crippen molar-refractivity contribution in [2.24, 2.45) is 0 Å². The molecule has 0 N–H and O–H groups in total. The van der Waals surface area contributed by atoms with E-state index in [1.807, 2.05) is 0 Å². The molecule has 2 aromatic rings. The Balaban J connectivity index is 1.62. The molecule has 0 bridgehead atoms. The number of rotatable bonds is 4. The Morgan fingerprint density at radius 2 is 1.80 bits per heavy atom. The molecule has 9 heteroatoms. The van der Waals surface area contributed by atoms with Crippen LogP contribution in [0.2, 0.25) is 0 Å². The molecule has 1 aromatic carbocycles. The summed E-state index contributed by atoms with van der Waals surface area (Å²) >= 11 is 4.43. The van der Waals surface area contributed by atoms with E-state index in [0.29, 0.717) is 18.7 Å². The molecule has 1 aromatic heterocycles. The van der Waals surface area contributed by atoms with Gasteiger partial charge in [-0.25, -0.2) is 12.8 Å². The zero-order valence-corrected chi connectivity index (χ0v) is 16.4. The van der Waals surface area contributed by atoms with Crippen LogP contribution in [-0.2, 0) is 21.2 Å². The molecule has 0 atom stereocenters. The van der Waals surface area contributed by atoms with Crippen molar-refractivity contribution in [1.82, 2.24) is 9.21 Å². The Hall–Kier alpha value is -1.29. The number of hydrogen-bond acceptors (Lipinski definition) is 4. The minimum absolute atomic E-state index is 0.0166. The number of sulfonamides is 1. The largest absolute Gasteiger partial charge is 0.340 e. The van der Waals surface area contributed by atoms with Crippen LogP contribution in [-0.4, -0.2) is 49.7 Å². The van der Waals surface area contributed by atoms with E-state index in [0.717, 1.165) is 15.1 Å². The molecule has 0 radical (unpaired) electrons. The highest BCUT2D eigenvalue weighted by Gasteiger charge is 2.31. The summed E-state index contributed by atoms with van der Waals surface area (Å²) in [6.07, 6.45) is -0.0166. The second kappa shape index (κ2) is 7.53. The number of benzene rings is 1. The molecule has 1 aliphatic rings. The molecule has 25 heavy (non-hydrogen) atoms.